The number of hydrogen-bond donors (Lipinski definition) is 2. The van der Waals surface area contributed by atoms with Crippen molar-refractivity contribution < 1.29 is 9.90 Å². The SMILES string of the molecule is CC(C)C(=O)N(CCO)c1ccccc1N. The number of nitrogen functional groups attached to an aromatic ring is 1. The summed E-state index contributed by atoms with van der Waals surface area (Å²) in [5, 5.41) is 8.98. The number of amides is 1. The van der Waals surface area contributed by atoms with Crippen molar-refractivity contribution in [1.82, 2.24) is 0 Å². The summed E-state index contributed by atoms with van der Waals surface area (Å²) in [5.74, 6) is -0.155. The third-order valence-electron chi connectivity index (χ3n) is 2.31. The standard InChI is InChI=1S/C12H18N2O2/c1-9(2)12(16)14(7-8-15)11-6-4-3-5-10(11)13/h3-6,9,15H,7-8,13H2,1-2H3. The lowest BCUT2D eigenvalue weighted by Gasteiger charge is -2.25. The summed E-state index contributed by atoms with van der Waals surface area (Å²) >= 11 is 0. The Bertz CT molecular complexity index is 364. The summed E-state index contributed by atoms with van der Waals surface area (Å²) in [6.07, 6.45) is 0. The molecule has 0 radical (unpaired) electrons. The molecule has 88 valence electrons. The molecule has 16 heavy (non-hydrogen) atoms. The third kappa shape index (κ3) is 2.73. The molecule has 4 heteroatoms. The van der Waals surface area contributed by atoms with Crippen molar-refractivity contribution in [3.05, 3.63) is 24.3 Å². The topological polar surface area (TPSA) is 66.6 Å². The fraction of sp³-hybridized carbons (Fsp3) is 0.417. The number of carbonyl (C=O) groups excluding carboxylic acids is 1. The summed E-state index contributed by atoms with van der Waals surface area (Å²) < 4.78 is 0. The first-order valence-electron chi connectivity index (χ1n) is 5.34. The molecule has 1 aromatic rings. The van der Waals surface area contributed by atoms with E-state index in [1.165, 1.54) is 4.90 Å². The van der Waals surface area contributed by atoms with Crippen molar-refractivity contribution >= 4 is 17.3 Å². The van der Waals surface area contributed by atoms with Crippen LogP contribution in [0.5, 0.6) is 0 Å². The van der Waals surface area contributed by atoms with Crippen LogP contribution in [0.4, 0.5) is 11.4 Å². The minimum Gasteiger partial charge on any atom is -0.397 e. The largest absolute Gasteiger partial charge is 0.397 e. The zero-order valence-electron chi connectivity index (χ0n) is 9.68. The molecule has 1 rings (SSSR count). The van der Waals surface area contributed by atoms with Gasteiger partial charge in [-0.25, -0.2) is 0 Å². The molecule has 0 saturated heterocycles. The Hall–Kier alpha value is -1.55. The molecule has 0 bridgehead atoms. The summed E-state index contributed by atoms with van der Waals surface area (Å²) in [4.78, 5) is 13.5. The van der Waals surface area contributed by atoms with Crippen molar-refractivity contribution in [2.24, 2.45) is 5.92 Å². The molecular weight excluding hydrogens is 204 g/mol. The molecule has 0 spiro atoms. The highest BCUT2D eigenvalue weighted by Crippen LogP contribution is 2.23. The smallest absolute Gasteiger partial charge is 0.229 e. The van der Waals surface area contributed by atoms with E-state index in [-0.39, 0.29) is 25.0 Å². The molecule has 3 N–H and O–H groups in total. The highest BCUT2D eigenvalue weighted by Gasteiger charge is 2.19. The van der Waals surface area contributed by atoms with Crippen LogP contribution in [0.15, 0.2) is 24.3 Å². The van der Waals surface area contributed by atoms with Crippen molar-refractivity contribution in [3.63, 3.8) is 0 Å². The van der Waals surface area contributed by atoms with Crippen molar-refractivity contribution in [2.45, 2.75) is 13.8 Å². The van der Waals surface area contributed by atoms with Gasteiger partial charge < -0.3 is 15.7 Å². The molecule has 0 fully saturated rings. The molecule has 0 aromatic heterocycles. The predicted octanol–water partition coefficient (Wildman–Crippen LogP) is 1.25. The Morgan fingerprint density at radius 1 is 1.44 bits per heavy atom. The van der Waals surface area contributed by atoms with Crippen LogP contribution >= 0.6 is 0 Å². The molecule has 0 atom stereocenters. The molecule has 0 aliphatic rings. The second kappa shape index (κ2) is 5.51. The molecular formula is C12H18N2O2. The first-order chi connectivity index (χ1) is 7.57. The minimum atomic E-state index is -0.119. The number of aliphatic hydroxyl groups is 1. The number of carbonyl (C=O) groups is 1. The van der Waals surface area contributed by atoms with Crippen LogP contribution in [0.25, 0.3) is 0 Å². The second-order valence-electron chi connectivity index (χ2n) is 3.93. The van der Waals surface area contributed by atoms with Gasteiger partial charge in [-0.05, 0) is 12.1 Å². The van der Waals surface area contributed by atoms with E-state index < -0.39 is 0 Å². The van der Waals surface area contributed by atoms with E-state index in [0.717, 1.165) is 0 Å². The third-order valence-corrected chi connectivity index (χ3v) is 2.31. The maximum atomic E-state index is 11.9. The van der Waals surface area contributed by atoms with Crippen molar-refractivity contribution in [2.75, 3.05) is 23.8 Å². The fourth-order valence-corrected chi connectivity index (χ4v) is 1.49. The van der Waals surface area contributed by atoms with Gasteiger partial charge in [0.15, 0.2) is 0 Å². The summed E-state index contributed by atoms with van der Waals surface area (Å²) in [5.41, 5.74) is 7.02. The number of aliphatic hydroxyl groups excluding tert-OH is 1. The zero-order chi connectivity index (χ0) is 12.1. The van der Waals surface area contributed by atoms with E-state index in [1.807, 2.05) is 26.0 Å². The van der Waals surface area contributed by atoms with Gasteiger partial charge in [0.25, 0.3) is 0 Å². The van der Waals surface area contributed by atoms with Gasteiger partial charge in [0, 0.05) is 12.5 Å². The maximum absolute atomic E-state index is 11.9. The molecule has 1 aromatic carbocycles. The highest BCUT2D eigenvalue weighted by molar-refractivity contribution is 5.97. The zero-order valence-corrected chi connectivity index (χ0v) is 9.68. The molecule has 0 saturated carbocycles. The average molecular weight is 222 g/mol. The van der Waals surface area contributed by atoms with E-state index in [4.69, 9.17) is 10.8 Å². The van der Waals surface area contributed by atoms with Gasteiger partial charge in [-0.1, -0.05) is 26.0 Å². The van der Waals surface area contributed by atoms with Crippen LogP contribution in [-0.2, 0) is 4.79 Å². The Labute approximate surface area is 95.7 Å². The number of nitrogens with two attached hydrogens (primary N) is 1. The van der Waals surface area contributed by atoms with Gasteiger partial charge in [-0.3, -0.25) is 4.79 Å². The monoisotopic (exact) mass is 222 g/mol. The number of benzene rings is 1. The minimum absolute atomic E-state index is 0.0352. The Morgan fingerprint density at radius 3 is 2.56 bits per heavy atom. The molecule has 1 amide bonds. The second-order valence-corrected chi connectivity index (χ2v) is 3.93. The number of rotatable bonds is 4. The normalized spacial score (nSPS) is 10.5. The van der Waals surface area contributed by atoms with E-state index in [1.54, 1.807) is 12.1 Å². The first kappa shape index (κ1) is 12.5. The van der Waals surface area contributed by atoms with Crippen LogP contribution in [0.1, 0.15) is 13.8 Å². The number of hydrogen-bond acceptors (Lipinski definition) is 3. The molecule has 0 heterocycles. The lowest BCUT2D eigenvalue weighted by Crippen LogP contribution is -2.37. The molecule has 0 aliphatic heterocycles. The first-order valence-corrected chi connectivity index (χ1v) is 5.34. The van der Waals surface area contributed by atoms with Gasteiger partial charge in [0.05, 0.1) is 18.0 Å². The maximum Gasteiger partial charge on any atom is 0.229 e. The average Bonchev–Trinajstić information content (AvgIpc) is 2.26. The summed E-state index contributed by atoms with van der Waals surface area (Å²) in [6.45, 7) is 3.84. The van der Waals surface area contributed by atoms with Crippen LogP contribution in [-0.4, -0.2) is 24.2 Å². The quantitative estimate of drug-likeness (QED) is 0.753. The summed E-state index contributed by atoms with van der Waals surface area (Å²) in [6, 6.07) is 7.16. The van der Waals surface area contributed by atoms with Gasteiger partial charge >= 0.3 is 0 Å². The molecule has 0 aliphatic carbocycles. The fourth-order valence-electron chi connectivity index (χ4n) is 1.49. The Balaban J connectivity index is 3.03. The van der Waals surface area contributed by atoms with Crippen LogP contribution in [0, 0.1) is 5.92 Å². The number of anilines is 2. The van der Waals surface area contributed by atoms with Gasteiger partial charge in [0.1, 0.15) is 0 Å². The summed E-state index contributed by atoms with van der Waals surface area (Å²) in [7, 11) is 0. The van der Waals surface area contributed by atoms with Crippen LogP contribution in [0.2, 0.25) is 0 Å². The lowest BCUT2D eigenvalue weighted by atomic mass is 10.1. The van der Waals surface area contributed by atoms with Crippen LogP contribution < -0.4 is 10.6 Å². The Morgan fingerprint density at radius 2 is 2.06 bits per heavy atom. The van der Waals surface area contributed by atoms with E-state index in [9.17, 15) is 4.79 Å². The number of nitrogens with zero attached hydrogens (tertiary/aromatic N) is 1. The van der Waals surface area contributed by atoms with Crippen molar-refractivity contribution in [3.8, 4) is 0 Å². The van der Waals surface area contributed by atoms with Crippen molar-refractivity contribution in [1.29, 1.82) is 0 Å². The Kier molecular flexibility index (Phi) is 4.31. The highest BCUT2D eigenvalue weighted by atomic mass is 16.3. The van der Waals surface area contributed by atoms with Gasteiger partial charge in [0.2, 0.25) is 5.91 Å². The predicted molar refractivity (Wildman–Crippen MR) is 65.1 cm³/mol. The molecule has 4 nitrogen and oxygen atoms in total. The van der Waals surface area contributed by atoms with E-state index in [2.05, 4.69) is 0 Å². The van der Waals surface area contributed by atoms with Gasteiger partial charge in [-0.15, -0.1) is 0 Å². The number of para-hydroxylation sites is 2. The van der Waals surface area contributed by atoms with E-state index >= 15 is 0 Å². The van der Waals surface area contributed by atoms with E-state index in [0.29, 0.717) is 11.4 Å². The van der Waals surface area contributed by atoms with Crippen LogP contribution in [0.3, 0.4) is 0 Å². The lowest BCUT2D eigenvalue weighted by molar-refractivity contribution is -0.121. The van der Waals surface area contributed by atoms with Gasteiger partial charge in [-0.2, -0.15) is 0 Å². The molecule has 0 unspecified atom stereocenters.